The number of amides is 2. The van der Waals surface area contributed by atoms with E-state index in [1.54, 1.807) is 48.5 Å². The first-order valence-electron chi connectivity index (χ1n) is 27.3. The minimum absolute atomic E-state index is 0. The summed E-state index contributed by atoms with van der Waals surface area (Å²) in [5, 5.41) is 69.2. The van der Waals surface area contributed by atoms with Crippen LogP contribution in [0.1, 0.15) is 110 Å². The SMILES string of the molecule is CC(C)c1c(C(=O)Nc2ccccc2)c(-c2ccccc2)c(-c2ccc(F)cc2)n1CC[C@@H](O)C[14C@@H](O)CC(=O)[O-].CC(C)c1c(C(=O)Nc2ccccc2)c(-c2ccccc2)c(-c2ccc(F)cc2)n1CC[C@@H](O)C[14C@@H](O)CC(=O)[O-].[Ca+2]. The topological polar surface area (TPSA) is 229 Å². The van der Waals surface area contributed by atoms with Crippen molar-refractivity contribution in [2.45, 2.75) is 116 Å². The smallest absolute Gasteiger partial charge is 0.550 e. The van der Waals surface area contributed by atoms with Gasteiger partial charge in [-0.25, -0.2) is 8.78 Å². The first kappa shape index (κ1) is 64.9. The molecule has 6 aromatic carbocycles. The van der Waals surface area contributed by atoms with Gasteiger partial charge in [0.15, 0.2) is 0 Å². The van der Waals surface area contributed by atoms with Gasteiger partial charge in [-0.2, -0.15) is 0 Å². The molecule has 14 nitrogen and oxygen atoms in total. The Balaban J connectivity index is 0.000000263. The van der Waals surface area contributed by atoms with Crippen molar-refractivity contribution in [1.82, 2.24) is 9.13 Å². The van der Waals surface area contributed by atoms with Gasteiger partial charge >= 0.3 is 37.7 Å². The Bertz CT molecular complexity index is 3170. The molecule has 2 amide bonds. The molecular weight excluding hydrogens is 1090 g/mol. The predicted octanol–water partition coefficient (Wildman–Crippen LogP) is 9.58. The van der Waals surface area contributed by atoms with E-state index in [1.807, 2.05) is 134 Å². The van der Waals surface area contributed by atoms with Crippen LogP contribution in [0.3, 0.4) is 0 Å². The first-order chi connectivity index (χ1) is 39.3. The number of para-hydroxylation sites is 2. The number of nitrogens with one attached hydrogen (secondary N) is 2. The second kappa shape index (κ2) is 30.9. The number of aliphatic hydroxyl groups excluding tert-OH is 4. The molecule has 0 saturated heterocycles. The Morgan fingerprint density at radius 1 is 0.482 bits per heavy atom. The molecule has 0 radical (unpaired) electrons. The van der Waals surface area contributed by atoms with Gasteiger partial charge in [0.25, 0.3) is 11.8 Å². The summed E-state index contributed by atoms with van der Waals surface area (Å²) in [7, 11) is 0. The number of carboxylic acids is 2. The van der Waals surface area contributed by atoms with E-state index in [4.69, 9.17) is 0 Å². The average Bonchev–Trinajstić information content (AvgIpc) is 3.14. The summed E-state index contributed by atoms with van der Waals surface area (Å²) in [6, 6.07) is 49.4. The second-order valence-electron chi connectivity index (χ2n) is 20.8. The summed E-state index contributed by atoms with van der Waals surface area (Å²) in [5.74, 6) is -4.41. The molecule has 0 unspecified atom stereocenters. The molecule has 6 N–H and O–H groups in total. The maximum atomic E-state index is 14.0. The monoisotopic (exact) mass is 1160 g/mol. The zero-order valence-corrected chi connectivity index (χ0v) is 49.1. The minimum Gasteiger partial charge on any atom is -0.550 e. The van der Waals surface area contributed by atoms with Crippen LogP contribution in [0.2, 0.25) is 0 Å². The van der Waals surface area contributed by atoms with Gasteiger partial charge in [-0.15, -0.1) is 0 Å². The van der Waals surface area contributed by atoms with Crippen LogP contribution in [-0.4, -0.2) is 115 Å². The fourth-order valence-corrected chi connectivity index (χ4v) is 10.4. The zero-order valence-electron chi connectivity index (χ0n) is 46.9. The van der Waals surface area contributed by atoms with Crippen molar-refractivity contribution in [1.29, 1.82) is 0 Å². The van der Waals surface area contributed by atoms with Gasteiger partial charge in [0.1, 0.15) is 11.6 Å². The third-order valence-electron chi connectivity index (χ3n) is 13.8. The van der Waals surface area contributed by atoms with Crippen LogP contribution in [0.15, 0.2) is 170 Å². The van der Waals surface area contributed by atoms with Gasteiger partial charge in [0.2, 0.25) is 0 Å². The number of aromatic nitrogens is 2. The van der Waals surface area contributed by atoms with Crippen molar-refractivity contribution in [3.05, 3.63) is 204 Å². The number of carboxylic acid groups (broad SMARTS) is 2. The van der Waals surface area contributed by atoms with Crippen LogP contribution < -0.4 is 20.8 Å². The summed E-state index contributed by atoms with van der Waals surface area (Å²) in [4.78, 5) is 49.8. The number of aliphatic hydroxyl groups is 4. The fourth-order valence-electron chi connectivity index (χ4n) is 10.4. The summed E-state index contributed by atoms with van der Waals surface area (Å²) >= 11 is 0. The number of benzene rings is 6. The number of carbonyl (C=O) groups is 4. The number of halogens is 2. The molecule has 0 aliphatic carbocycles. The minimum atomic E-state index is -1.39. The summed E-state index contributed by atoms with van der Waals surface area (Å²) in [5.41, 5.74) is 9.43. The molecule has 17 heteroatoms. The molecule has 4 atom stereocenters. The maximum absolute atomic E-state index is 14.0. The average molecular weight is 1160 g/mol. The van der Waals surface area contributed by atoms with E-state index in [9.17, 15) is 58.6 Å². The molecule has 8 aromatic rings. The van der Waals surface area contributed by atoms with Crippen molar-refractivity contribution in [3.63, 3.8) is 0 Å². The van der Waals surface area contributed by atoms with Gasteiger partial charge in [-0.1, -0.05) is 125 Å². The van der Waals surface area contributed by atoms with E-state index in [2.05, 4.69) is 10.6 Å². The third-order valence-corrected chi connectivity index (χ3v) is 13.8. The van der Waals surface area contributed by atoms with Crippen LogP contribution in [0.25, 0.3) is 44.8 Å². The van der Waals surface area contributed by atoms with Gasteiger partial charge in [-0.05, 0) is 133 Å². The number of hydrogen-bond acceptors (Lipinski definition) is 10. The van der Waals surface area contributed by atoms with E-state index in [0.29, 0.717) is 56.1 Å². The van der Waals surface area contributed by atoms with Gasteiger partial charge in [0, 0.05) is 71.8 Å². The van der Waals surface area contributed by atoms with Crippen molar-refractivity contribution in [2.24, 2.45) is 0 Å². The predicted molar refractivity (Wildman–Crippen MR) is 315 cm³/mol. The van der Waals surface area contributed by atoms with Crippen molar-refractivity contribution >= 4 is 72.9 Å². The van der Waals surface area contributed by atoms with E-state index >= 15 is 0 Å². The van der Waals surface area contributed by atoms with Crippen LogP contribution in [0, 0.1) is 11.6 Å². The standard InChI is InChI=1S/2C33H35FN2O5.Ca/c2*1-21(2)31-30(33(41)35-25-11-7-4-8-12-25)29(22-9-5-3-6-10-22)32(23-13-15-24(34)16-14-23)36(31)18-17-26(37)19-27(38)20-28(39)40;/h2*3-16,21,26-27,37-38H,17-20H2,1-2H3,(H,35,41)(H,39,40);/q;;+2/p-2/t2*26-,27-;/m11./s1/i2*27+2;. The molecule has 0 aliphatic heterocycles. The second-order valence-corrected chi connectivity index (χ2v) is 20.8. The Morgan fingerprint density at radius 3 is 1.07 bits per heavy atom. The van der Waals surface area contributed by atoms with Crippen LogP contribution in [0.5, 0.6) is 0 Å². The summed E-state index contributed by atoms with van der Waals surface area (Å²) in [6.45, 7) is 8.45. The molecule has 0 saturated carbocycles. The largest absolute Gasteiger partial charge is 2.00 e. The fraction of sp³-hybridized carbons (Fsp3) is 0.273. The zero-order chi connectivity index (χ0) is 59.0. The molecule has 0 fully saturated rings. The Kier molecular flexibility index (Phi) is 24.1. The molecule has 83 heavy (non-hydrogen) atoms. The van der Waals surface area contributed by atoms with Crippen molar-refractivity contribution < 1.29 is 58.6 Å². The number of nitrogens with zero attached hydrogens (tertiary/aromatic N) is 2. The number of hydrogen-bond donors (Lipinski definition) is 6. The van der Waals surface area contributed by atoms with Crippen molar-refractivity contribution in [2.75, 3.05) is 10.6 Å². The molecule has 0 spiro atoms. The van der Waals surface area contributed by atoms with E-state index in [1.165, 1.54) is 24.3 Å². The molecule has 0 aliphatic rings. The number of aliphatic carboxylic acids is 2. The summed E-state index contributed by atoms with van der Waals surface area (Å²) < 4.78 is 32.0. The Hall–Kier alpha value is -7.28. The first-order valence-corrected chi connectivity index (χ1v) is 27.3. The van der Waals surface area contributed by atoms with Crippen LogP contribution in [0.4, 0.5) is 20.2 Å². The third kappa shape index (κ3) is 17.4. The normalized spacial score (nSPS) is 12.6. The van der Waals surface area contributed by atoms with Crippen LogP contribution >= 0.6 is 0 Å². The van der Waals surface area contributed by atoms with Gasteiger partial charge < -0.3 is 60.0 Å². The van der Waals surface area contributed by atoms with E-state index < -0.39 is 60.8 Å². The summed E-state index contributed by atoms with van der Waals surface area (Å²) in [6.07, 6.45) is -5.54. The maximum Gasteiger partial charge on any atom is 2.00 e. The molecule has 2 aromatic heterocycles. The van der Waals surface area contributed by atoms with Crippen molar-refractivity contribution in [3.8, 4) is 44.8 Å². The molecule has 428 valence electrons. The van der Waals surface area contributed by atoms with Gasteiger partial charge in [-0.3, -0.25) is 9.59 Å². The molecule has 2 heterocycles. The molecule has 0 bridgehead atoms. The van der Waals surface area contributed by atoms with Gasteiger partial charge in [0.05, 0.1) is 46.9 Å². The molecule has 8 rings (SSSR count). The quantitative estimate of drug-likeness (QED) is 0.0314. The number of carbonyl (C=O) groups excluding carboxylic acids is 4. The van der Waals surface area contributed by atoms with E-state index in [-0.39, 0.29) is 100 Å². The Morgan fingerprint density at radius 2 is 0.783 bits per heavy atom. The number of anilines is 2. The van der Waals surface area contributed by atoms with E-state index in [0.717, 1.165) is 22.5 Å². The Labute approximate surface area is 512 Å². The van der Waals surface area contributed by atoms with Crippen LogP contribution in [-0.2, 0) is 22.7 Å². The number of rotatable bonds is 24. The molecular formula is C66H68CaF2N4O10.